The summed E-state index contributed by atoms with van der Waals surface area (Å²) in [4.78, 5) is 27.6. The Balaban J connectivity index is 1.48. The van der Waals surface area contributed by atoms with E-state index in [1.807, 2.05) is 24.4 Å². The topological polar surface area (TPSA) is 98.8 Å². The highest BCUT2D eigenvalue weighted by molar-refractivity contribution is 7.89. The molecule has 10 heteroatoms. The van der Waals surface area contributed by atoms with E-state index in [1.165, 1.54) is 16.4 Å². The molecule has 1 aromatic carbocycles. The molecular weight excluding hydrogens is 436 g/mol. The Hall–Kier alpha value is -2.27. The number of carbonyl (C=O) groups is 2. The van der Waals surface area contributed by atoms with Gasteiger partial charge in [0.25, 0.3) is 0 Å². The van der Waals surface area contributed by atoms with Crippen LogP contribution < -0.4 is 10.6 Å². The molecule has 0 unspecified atom stereocenters. The summed E-state index contributed by atoms with van der Waals surface area (Å²) < 4.78 is 26.6. The van der Waals surface area contributed by atoms with Crippen molar-refractivity contribution in [3.05, 3.63) is 46.7 Å². The van der Waals surface area contributed by atoms with Gasteiger partial charge in [-0.25, -0.2) is 8.42 Å². The summed E-state index contributed by atoms with van der Waals surface area (Å²) in [5.41, 5.74) is 0.517. The molecule has 1 saturated heterocycles. The van der Waals surface area contributed by atoms with Crippen LogP contribution in [0.15, 0.2) is 46.7 Å². The molecule has 0 atom stereocenters. The van der Waals surface area contributed by atoms with E-state index in [0.717, 1.165) is 17.7 Å². The van der Waals surface area contributed by atoms with E-state index in [0.29, 0.717) is 31.9 Å². The number of amides is 2. The Morgan fingerprint density at radius 1 is 1.06 bits per heavy atom. The highest BCUT2D eigenvalue weighted by Crippen LogP contribution is 2.22. The van der Waals surface area contributed by atoms with E-state index in [9.17, 15) is 18.0 Å². The molecule has 0 aliphatic carbocycles. The van der Waals surface area contributed by atoms with Crippen LogP contribution in [0.25, 0.3) is 0 Å². The zero-order valence-electron chi connectivity index (χ0n) is 17.5. The summed E-state index contributed by atoms with van der Waals surface area (Å²) in [6.45, 7) is 4.21. The fourth-order valence-electron chi connectivity index (χ4n) is 3.33. The van der Waals surface area contributed by atoms with Crippen molar-refractivity contribution in [2.24, 2.45) is 0 Å². The van der Waals surface area contributed by atoms with Gasteiger partial charge in [0.05, 0.1) is 24.5 Å². The first kappa shape index (κ1) is 23.4. The van der Waals surface area contributed by atoms with Crippen molar-refractivity contribution in [1.82, 2.24) is 14.5 Å². The molecule has 1 fully saturated rings. The van der Waals surface area contributed by atoms with Crippen molar-refractivity contribution in [2.75, 3.05) is 38.0 Å². The van der Waals surface area contributed by atoms with E-state index < -0.39 is 10.0 Å². The minimum Gasteiger partial charge on any atom is -0.350 e. The molecule has 2 amide bonds. The van der Waals surface area contributed by atoms with Gasteiger partial charge < -0.3 is 10.6 Å². The molecule has 0 spiro atoms. The number of rotatable bonds is 10. The van der Waals surface area contributed by atoms with Gasteiger partial charge in [-0.2, -0.15) is 4.31 Å². The third kappa shape index (κ3) is 6.60. The van der Waals surface area contributed by atoms with Gasteiger partial charge in [0.15, 0.2) is 0 Å². The normalized spacial score (nSPS) is 14.6. The van der Waals surface area contributed by atoms with Crippen molar-refractivity contribution in [1.29, 1.82) is 0 Å². The van der Waals surface area contributed by atoms with E-state index in [1.54, 1.807) is 28.4 Å². The Morgan fingerprint density at radius 3 is 2.35 bits per heavy atom. The summed E-state index contributed by atoms with van der Waals surface area (Å²) in [5, 5.41) is 7.57. The lowest BCUT2D eigenvalue weighted by atomic mass is 10.3. The van der Waals surface area contributed by atoms with Gasteiger partial charge in [-0.15, -0.1) is 11.3 Å². The first-order valence-corrected chi connectivity index (χ1v) is 12.6. The summed E-state index contributed by atoms with van der Waals surface area (Å²) in [6.07, 6.45) is 1.76. The smallest absolute Gasteiger partial charge is 0.243 e. The van der Waals surface area contributed by atoms with Gasteiger partial charge in [-0.05, 0) is 55.1 Å². The van der Waals surface area contributed by atoms with E-state index in [4.69, 9.17) is 0 Å². The Bertz CT molecular complexity index is 969. The molecule has 2 aromatic rings. The molecular formula is C21H28N4O4S2. The third-order valence-electron chi connectivity index (χ3n) is 5.06. The van der Waals surface area contributed by atoms with Crippen molar-refractivity contribution in [3.63, 3.8) is 0 Å². The average Bonchev–Trinajstić information content (AvgIpc) is 3.46. The van der Waals surface area contributed by atoms with Gasteiger partial charge in [0.1, 0.15) is 0 Å². The zero-order valence-corrected chi connectivity index (χ0v) is 19.2. The van der Waals surface area contributed by atoms with Gasteiger partial charge in [-0.3, -0.25) is 14.5 Å². The molecule has 1 aliphatic heterocycles. The number of nitrogens with zero attached hydrogens (tertiary/aromatic N) is 2. The van der Waals surface area contributed by atoms with Crippen LogP contribution in [0.1, 0.15) is 24.6 Å². The summed E-state index contributed by atoms with van der Waals surface area (Å²) in [6, 6.07) is 10.1. The molecule has 1 aromatic heterocycles. The fraction of sp³-hybridized carbons (Fsp3) is 0.429. The number of hydrogen-bond acceptors (Lipinski definition) is 6. The predicted octanol–water partition coefficient (Wildman–Crippen LogP) is 2.11. The molecule has 3 rings (SSSR count). The van der Waals surface area contributed by atoms with Crippen LogP contribution in [0.5, 0.6) is 0 Å². The van der Waals surface area contributed by atoms with Crippen LogP contribution in [0, 0.1) is 0 Å². The molecule has 0 saturated carbocycles. The predicted molar refractivity (Wildman–Crippen MR) is 121 cm³/mol. The molecule has 8 nitrogen and oxygen atoms in total. The molecule has 31 heavy (non-hydrogen) atoms. The number of hydrogen-bond donors (Lipinski definition) is 2. The maximum absolute atomic E-state index is 12.6. The third-order valence-corrected chi connectivity index (χ3v) is 7.85. The van der Waals surface area contributed by atoms with Crippen molar-refractivity contribution >= 4 is 38.9 Å². The largest absolute Gasteiger partial charge is 0.350 e. The molecule has 168 valence electrons. The molecule has 0 bridgehead atoms. The number of sulfonamides is 1. The first-order valence-electron chi connectivity index (χ1n) is 10.3. The van der Waals surface area contributed by atoms with E-state index >= 15 is 0 Å². The number of benzene rings is 1. The standard InChI is InChI=1S/C21H28N4O4S2/c1-2-24(15-20(26)22-14-18-6-5-13-30-18)16-21(27)23-17-7-9-19(10-8-17)31(28,29)25-11-3-4-12-25/h5-10,13H,2-4,11-12,14-16H2,1H3,(H,22,26)(H,23,27). The van der Waals surface area contributed by atoms with Crippen molar-refractivity contribution in [3.8, 4) is 0 Å². The first-order chi connectivity index (χ1) is 14.9. The zero-order chi connectivity index (χ0) is 22.3. The number of nitrogens with one attached hydrogen (secondary N) is 2. The second-order valence-electron chi connectivity index (χ2n) is 7.34. The number of thiophene rings is 1. The quantitative estimate of drug-likeness (QED) is 0.561. The van der Waals surface area contributed by atoms with Crippen LogP contribution in [0.4, 0.5) is 5.69 Å². The van der Waals surface area contributed by atoms with Gasteiger partial charge in [0.2, 0.25) is 21.8 Å². The van der Waals surface area contributed by atoms with E-state index in [-0.39, 0.29) is 29.8 Å². The minimum absolute atomic E-state index is 0.0662. The second kappa shape index (κ2) is 10.9. The average molecular weight is 465 g/mol. The maximum Gasteiger partial charge on any atom is 0.243 e. The molecule has 1 aliphatic rings. The van der Waals surface area contributed by atoms with Crippen LogP contribution in [0.2, 0.25) is 0 Å². The van der Waals surface area contributed by atoms with E-state index in [2.05, 4.69) is 10.6 Å². The second-order valence-corrected chi connectivity index (χ2v) is 10.3. The Kier molecular flexibility index (Phi) is 8.19. The lowest BCUT2D eigenvalue weighted by molar-refractivity contribution is -0.123. The van der Waals surface area contributed by atoms with Crippen LogP contribution in [-0.4, -0.2) is 62.2 Å². The lowest BCUT2D eigenvalue weighted by Crippen LogP contribution is -2.40. The van der Waals surface area contributed by atoms with Crippen LogP contribution in [0.3, 0.4) is 0 Å². The molecule has 2 heterocycles. The van der Waals surface area contributed by atoms with Gasteiger partial charge in [-0.1, -0.05) is 13.0 Å². The summed E-state index contributed by atoms with van der Waals surface area (Å²) >= 11 is 1.58. The highest BCUT2D eigenvalue weighted by atomic mass is 32.2. The van der Waals surface area contributed by atoms with Crippen molar-refractivity contribution < 1.29 is 18.0 Å². The van der Waals surface area contributed by atoms with Crippen LogP contribution >= 0.6 is 11.3 Å². The van der Waals surface area contributed by atoms with Crippen molar-refractivity contribution in [2.45, 2.75) is 31.2 Å². The lowest BCUT2D eigenvalue weighted by Gasteiger charge is -2.19. The molecule has 0 radical (unpaired) electrons. The minimum atomic E-state index is -3.47. The van der Waals surface area contributed by atoms with Crippen LogP contribution in [-0.2, 0) is 26.2 Å². The number of anilines is 1. The Morgan fingerprint density at radius 2 is 1.74 bits per heavy atom. The highest BCUT2D eigenvalue weighted by Gasteiger charge is 2.27. The van der Waals surface area contributed by atoms with Gasteiger partial charge in [0, 0.05) is 23.7 Å². The Labute approximate surface area is 187 Å². The monoisotopic (exact) mass is 464 g/mol. The number of carbonyl (C=O) groups excluding carboxylic acids is 2. The van der Waals surface area contributed by atoms with Gasteiger partial charge >= 0.3 is 0 Å². The SMILES string of the molecule is CCN(CC(=O)NCc1cccs1)CC(=O)Nc1ccc(S(=O)(=O)N2CCCC2)cc1. The summed E-state index contributed by atoms with van der Waals surface area (Å²) in [7, 11) is -3.47. The molecule has 2 N–H and O–H groups in total. The fourth-order valence-corrected chi connectivity index (χ4v) is 5.49. The summed E-state index contributed by atoms with van der Waals surface area (Å²) in [5.74, 6) is -0.400. The maximum atomic E-state index is 12.6. The number of likely N-dealkylation sites (N-methyl/N-ethyl adjacent to an activating group) is 1.